The summed E-state index contributed by atoms with van der Waals surface area (Å²) in [7, 11) is 0. The van der Waals surface area contributed by atoms with E-state index in [1.165, 1.54) is 6.07 Å². The molecular formula is C23H22FN3O2. The molecule has 3 aromatic rings. The molecule has 148 valence electrons. The molecule has 6 heteroatoms. The van der Waals surface area contributed by atoms with E-state index in [4.69, 9.17) is 0 Å². The van der Waals surface area contributed by atoms with Gasteiger partial charge in [-0.15, -0.1) is 0 Å². The maximum absolute atomic E-state index is 14.0. The van der Waals surface area contributed by atoms with Crippen LogP contribution < -0.4 is 10.6 Å². The molecule has 5 nitrogen and oxygen atoms in total. The van der Waals surface area contributed by atoms with Gasteiger partial charge in [-0.2, -0.15) is 0 Å². The molecule has 29 heavy (non-hydrogen) atoms. The van der Waals surface area contributed by atoms with E-state index in [0.717, 1.165) is 11.1 Å². The molecular weight excluding hydrogens is 369 g/mol. The third kappa shape index (κ3) is 4.04. The summed E-state index contributed by atoms with van der Waals surface area (Å²) in [6.07, 6.45) is 1.58. The number of aliphatic hydroxyl groups is 1. The van der Waals surface area contributed by atoms with Gasteiger partial charge in [-0.05, 0) is 29.3 Å². The van der Waals surface area contributed by atoms with Gasteiger partial charge in [0.05, 0.1) is 6.61 Å². The van der Waals surface area contributed by atoms with Crippen molar-refractivity contribution in [2.45, 2.75) is 18.0 Å². The zero-order valence-corrected chi connectivity index (χ0v) is 15.8. The number of rotatable bonds is 6. The number of aromatic nitrogens is 1. The third-order valence-electron chi connectivity index (χ3n) is 5.35. The van der Waals surface area contributed by atoms with Crippen molar-refractivity contribution in [3.8, 4) is 11.1 Å². The predicted molar refractivity (Wildman–Crippen MR) is 109 cm³/mol. The molecule has 1 amide bonds. The van der Waals surface area contributed by atoms with Crippen molar-refractivity contribution < 1.29 is 14.3 Å². The topological polar surface area (TPSA) is 74.2 Å². The molecule has 1 aromatic heterocycles. The Morgan fingerprint density at radius 3 is 2.48 bits per heavy atom. The van der Waals surface area contributed by atoms with E-state index in [1.54, 1.807) is 36.5 Å². The minimum atomic E-state index is -0.256. The number of hydrogen-bond acceptors (Lipinski definition) is 4. The molecule has 2 heterocycles. The van der Waals surface area contributed by atoms with Gasteiger partial charge in [-0.1, -0.05) is 48.5 Å². The van der Waals surface area contributed by atoms with Gasteiger partial charge in [0, 0.05) is 36.3 Å². The van der Waals surface area contributed by atoms with Crippen LogP contribution in [0.5, 0.6) is 0 Å². The van der Waals surface area contributed by atoms with Crippen molar-refractivity contribution in [2.24, 2.45) is 0 Å². The Bertz CT molecular complexity index is 979. The molecule has 1 aliphatic rings. The fourth-order valence-corrected chi connectivity index (χ4v) is 3.83. The van der Waals surface area contributed by atoms with Crippen molar-refractivity contribution >= 4 is 5.91 Å². The van der Waals surface area contributed by atoms with Gasteiger partial charge in [-0.3, -0.25) is 9.78 Å². The first kappa shape index (κ1) is 19.2. The fourth-order valence-electron chi connectivity index (χ4n) is 3.83. The van der Waals surface area contributed by atoms with Crippen molar-refractivity contribution in [3.05, 3.63) is 90.0 Å². The SMILES string of the molecule is O=C(NC[C@H]1N[C@H](CO)[C@H]1c1ccc(-c2ccccc2F)cc1)c1ccccn1. The van der Waals surface area contributed by atoms with E-state index in [2.05, 4.69) is 15.6 Å². The molecule has 0 unspecified atom stereocenters. The van der Waals surface area contributed by atoms with Gasteiger partial charge < -0.3 is 15.7 Å². The van der Waals surface area contributed by atoms with E-state index < -0.39 is 0 Å². The van der Waals surface area contributed by atoms with Crippen LogP contribution in [0.3, 0.4) is 0 Å². The van der Waals surface area contributed by atoms with Crippen LogP contribution in [0.1, 0.15) is 22.0 Å². The summed E-state index contributed by atoms with van der Waals surface area (Å²) in [5, 5.41) is 15.8. The van der Waals surface area contributed by atoms with Gasteiger partial charge >= 0.3 is 0 Å². The second-order valence-electron chi connectivity index (χ2n) is 7.11. The lowest BCUT2D eigenvalue weighted by Gasteiger charge is -2.46. The van der Waals surface area contributed by atoms with E-state index in [9.17, 15) is 14.3 Å². The zero-order valence-electron chi connectivity index (χ0n) is 15.8. The Morgan fingerprint density at radius 1 is 1.03 bits per heavy atom. The highest BCUT2D eigenvalue weighted by atomic mass is 19.1. The van der Waals surface area contributed by atoms with Crippen LogP contribution in [0.4, 0.5) is 4.39 Å². The molecule has 3 N–H and O–H groups in total. The lowest BCUT2D eigenvalue weighted by atomic mass is 9.77. The molecule has 1 aliphatic heterocycles. The summed E-state index contributed by atoms with van der Waals surface area (Å²) in [5.74, 6) is -0.430. The summed E-state index contributed by atoms with van der Waals surface area (Å²) in [6, 6.07) is 19.5. The molecule has 0 bridgehead atoms. The normalized spacial score (nSPS) is 20.7. The predicted octanol–water partition coefficient (Wildman–Crippen LogP) is 2.73. The van der Waals surface area contributed by atoms with Crippen LogP contribution in [0, 0.1) is 5.82 Å². The minimum Gasteiger partial charge on any atom is -0.395 e. The highest BCUT2D eigenvalue weighted by Gasteiger charge is 2.40. The Balaban J connectivity index is 1.45. The summed E-state index contributed by atoms with van der Waals surface area (Å²) in [4.78, 5) is 16.3. The number of amides is 1. The smallest absolute Gasteiger partial charge is 0.269 e. The van der Waals surface area contributed by atoms with Crippen LogP contribution >= 0.6 is 0 Å². The van der Waals surface area contributed by atoms with Gasteiger partial charge in [0.15, 0.2) is 0 Å². The summed E-state index contributed by atoms with van der Waals surface area (Å²) >= 11 is 0. The van der Waals surface area contributed by atoms with Crippen molar-refractivity contribution in [1.29, 1.82) is 0 Å². The second-order valence-corrected chi connectivity index (χ2v) is 7.11. The zero-order chi connectivity index (χ0) is 20.2. The number of nitrogens with zero attached hydrogens (tertiary/aromatic N) is 1. The average Bonchev–Trinajstić information content (AvgIpc) is 2.75. The van der Waals surface area contributed by atoms with Crippen LogP contribution in [0.25, 0.3) is 11.1 Å². The van der Waals surface area contributed by atoms with Gasteiger partial charge in [0.1, 0.15) is 11.5 Å². The van der Waals surface area contributed by atoms with Crippen LogP contribution in [0.15, 0.2) is 72.9 Å². The molecule has 0 radical (unpaired) electrons. The number of benzene rings is 2. The highest BCUT2D eigenvalue weighted by Crippen LogP contribution is 2.33. The summed E-state index contributed by atoms with van der Waals surface area (Å²) in [6.45, 7) is 0.427. The largest absolute Gasteiger partial charge is 0.395 e. The average molecular weight is 391 g/mol. The monoisotopic (exact) mass is 391 g/mol. The Hall–Kier alpha value is -3.09. The number of halogens is 1. The van der Waals surface area contributed by atoms with Crippen molar-refractivity contribution in [2.75, 3.05) is 13.2 Å². The standard InChI is InChI=1S/C23H22FN3O2/c24-18-6-2-1-5-17(18)15-8-10-16(11-9-15)22-20(27-21(22)14-28)13-26-23(29)19-7-3-4-12-25-19/h1-12,20-22,27-28H,13-14H2,(H,26,29)/t20-,21-,22+/m1/s1. The molecule has 3 atom stereocenters. The number of carbonyl (C=O) groups is 1. The third-order valence-corrected chi connectivity index (χ3v) is 5.35. The van der Waals surface area contributed by atoms with Crippen molar-refractivity contribution in [3.63, 3.8) is 0 Å². The van der Waals surface area contributed by atoms with Crippen LogP contribution in [-0.2, 0) is 0 Å². The Kier molecular flexibility index (Phi) is 5.64. The molecule has 1 saturated heterocycles. The molecule has 2 aromatic carbocycles. The minimum absolute atomic E-state index is 0.000811. The first-order chi connectivity index (χ1) is 14.2. The quantitative estimate of drug-likeness (QED) is 0.604. The molecule has 0 saturated carbocycles. The molecule has 1 fully saturated rings. The fraction of sp³-hybridized carbons (Fsp3) is 0.217. The first-order valence-corrected chi connectivity index (χ1v) is 9.58. The Labute approximate surface area is 168 Å². The number of aliphatic hydroxyl groups excluding tert-OH is 1. The number of pyridine rings is 1. The number of hydrogen-bond donors (Lipinski definition) is 3. The Morgan fingerprint density at radius 2 is 1.79 bits per heavy atom. The van der Waals surface area contributed by atoms with E-state index in [0.29, 0.717) is 17.8 Å². The molecule has 4 rings (SSSR count). The van der Waals surface area contributed by atoms with Gasteiger partial charge in [0.25, 0.3) is 5.91 Å². The molecule has 0 aliphatic carbocycles. The van der Waals surface area contributed by atoms with E-state index in [1.807, 2.05) is 30.3 Å². The summed E-state index contributed by atoms with van der Waals surface area (Å²) in [5.41, 5.74) is 2.78. The van der Waals surface area contributed by atoms with Gasteiger partial charge in [0.2, 0.25) is 0 Å². The van der Waals surface area contributed by atoms with E-state index >= 15 is 0 Å². The van der Waals surface area contributed by atoms with Crippen LogP contribution in [0.2, 0.25) is 0 Å². The maximum Gasteiger partial charge on any atom is 0.269 e. The van der Waals surface area contributed by atoms with Crippen molar-refractivity contribution in [1.82, 2.24) is 15.6 Å². The highest BCUT2D eigenvalue weighted by molar-refractivity contribution is 5.92. The van der Waals surface area contributed by atoms with Crippen LogP contribution in [-0.4, -0.2) is 41.2 Å². The summed E-state index contributed by atoms with van der Waals surface area (Å²) < 4.78 is 14.0. The lowest BCUT2D eigenvalue weighted by Crippen LogP contribution is -2.64. The number of nitrogens with one attached hydrogen (secondary N) is 2. The first-order valence-electron chi connectivity index (χ1n) is 9.58. The number of carbonyl (C=O) groups excluding carboxylic acids is 1. The van der Waals surface area contributed by atoms with Gasteiger partial charge in [-0.25, -0.2) is 4.39 Å². The maximum atomic E-state index is 14.0. The van der Waals surface area contributed by atoms with E-state index in [-0.39, 0.29) is 36.3 Å². The second kappa shape index (κ2) is 8.51. The lowest BCUT2D eigenvalue weighted by molar-refractivity contribution is 0.0905. The molecule has 0 spiro atoms.